The van der Waals surface area contributed by atoms with E-state index < -0.39 is 11.5 Å². The van der Waals surface area contributed by atoms with Gasteiger partial charge in [0.2, 0.25) is 11.8 Å². The number of piperidine rings is 1. The molecule has 1 aromatic carbocycles. The van der Waals surface area contributed by atoms with E-state index in [0.717, 1.165) is 18.5 Å². The Balaban J connectivity index is 1.65. The molecule has 0 unspecified atom stereocenters. The molecule has 2 N–H and O–H groups in total. The lowest BCUT2D eigenvalue weighted by Gasteiger charge is -2.45. The maximum absolute atomic E-state index is 10.5. The predicted molar refractivity (Wildman–Crippen MR) is 96.3 cm³/mol. The molecule has 0 amide bonds. The molecule has 1 aliphatic rings. The third-order valence-corrected chi connectivity index (χ3v) is 5.15. The van der Waals surface area contributed by atoms with Crippen molar-refractivity contribution in [2.45, 2.75) is 31.9 Å². The second kappa shape index (κ2) is 8.73. The van der Waals surface area contributed by atoms with Gasteiger partial charge in [-0.25, -0.2) is 0 Å². The zero-order valence-corrected chi connectivity index (χ0v) is 15.2. The van der Waals surface area contributed by atoms with Crippen LogP contribution in [0.2, 0.25) is 0 Å². The lowest BCUT2D eigenvalue weighted by Crippen LogP contribution is -2.53. The van der Waals surface area contributed by atoms with E-state index in [1.54, 1.807) is 7.11 Å². The fraction of sp³-hybridized carbons (Fsp3) is 0.579. The highest BCUT2D eigenvalue weighted by Crippen LogP contribution is 2.35. The fourth-order valence-corrected chi connectivity index (χ4v) is 3.63. The van der Waals surface area contributed by atoms with Gasteiger partial charge in [0.15, 0.2) is 0 Å². The van der Waals surface area contributed by atoms with Crippen LogP contribution in [0.3, 0.4) is 0 Å². The zero-order chi connectivity index (χ0) is 18.4. The normalized spacial score (nSPS) is 24.0. The minimum absolute atomic E-state index is 0.0481. The van der Waals surface area contributed by atoms with E-state index in [0.29, 0.717) is 44.3 Å². The summed E-state index contributed by atoms with van der Waals surface area (Å²) in [6, 6.07) is 9.67. The standard InChI is InChI=1S/C19H27N3O4/c1-25-11-5-9-19(14-23)13-22(10-8-16(19)24)12-17-20-21-18(26-17)15-6-3-2-4-7-15/h2-4,6-7,16,23-24H,5,8-14H2,1H3/t16-,19+/m1/s1. The van der Waals surface area contributed by atoms with Crippen LogP contribution in [0.15, 0.2) is 34.7 Å². The van der Waals surface area contributed by atoms with E-state index in [2.05, 4.69) is 15.1 Å². The molecule has 1 fully saturated rings. The number of aromatic nitrogens is 2. The zero-order valence-electron chi connectivity index (χ0n) is 15.2. The fourth-order valence-electron chi connectivity index (χ4n) is 3.63. The first-order valence-corrected chi connectivity index (χ1v) is 9.05. The molecule has 2 atom stereocenters. The molecular weight excluding hydrogens is 334 g/mol. The Bertz CT molecular complexity index is 678. The van der Waals surface area contributed by atoms with E-state index in [4.69, 9.17) is 9.15 Å². The number of benzene rings is 1. The third-order valence-electron chi connectivity index (χ3n) is 5.15. The average molecular weight is 361 g/mol. The van der Waals surface area contributed by atoms with Gasteiger partial charge >= 0.3 is 0 Å². The maximum atomic E-state index is 10.5. The summed E-state index contributed by atoms with van der Waals surface area (Å²) in [5.41, 5.74) is 0.364. The van der Waals surface area contributed by atoms with Crippen molar-refractivity contribution in [2.24, 2.45) is 5.41 Å². The van der Waals surface area contributed by atoms with Crippen LogP contribution in [0.4, 0.5) is 0 Å². The summed E-state index contributed by atoms with van der Waals surface area (Å²) in [6.07, 6.45) is 1.63. The molecule has 142 valence electrons. The Labute approximate surface area is 153 Å². The molecule has 0 radical (unpaired) electrons. The molecule has 7 heteroatoms. The van der Waals surface area contributed by atoms with Gasteiger partial charge in [-0.15, -0.1) is 10.2 Å². The van der Waals surface area contributed by atoms with Gasteiger partial charge in [0, 0.05) is 37.8 Å². The number of nitrogens with zero attached hydrogens (tertiary/aromatic N) is 3. The van der Waals surface area contributed by atoms with Crippen LogP contribution < -0.4 is 0 Å². The first-order valence-electron chi connectivity index (χ1n) is 9.05. The second-order valence-electron chi connectivity index (χ2n) is 7.00. The summed E-state index contributed by atoms with van der Waals surface area (Å²) < 4.78 is 10.9. The van der Waals surface area contributed by atoms with Crippen molar-refractivity contribution in [2.75, 3.05) is 33.4 Å². The summed E-state index contributed by atoms with van der Waals surface area (Å²) >= 11 is 0. The SMILES string of the molecule is COCCC[C@@]1(CO)CN(Cc2nnc(-c3ccccc3)o2)CC[C@H]1O. The Morgan fingerprint density at radius 2 is 2.12 bits per heavy atom. The van der Waals surface area contributed by atoms with E-state index >= 15 is 0 Å². The van der Waals surface area contributed by atoms with Crippen LogP contribution in [-0.4, -0.2) is 64.8 Å². The van der Waals surface area contributed by atoms with Crippen LogP contribution in [-0.2, 0) is 11.3 Å². The summed E-state index contributed by atoms with van der Waals surface area (Å²) in [5.74, 6) is 1.05. The molecule has 0 saturated carbocycles. The Hall–Kier alpha value is -1.80. The van der Waals surface area contributed by atoms with Gasteiger partial charge in [0.1, 0.15) is 0 Å². The molecular formula is C19H27N3O4. The van der Waals surface area contributed by atoms with E-state index in [9.17, 15) is 10.2 Å². The predicted octanol–water partition coefficient (Wildman–Crippen LogP) is 1.71. The van der Waals surface area contributed by atoms with Gasteiger partial charge in [-0.1, -0.05) is 18.2 Å². The minimum atomic E-state index is -0.529. The molecule has 2 heterocycles. The quantitative estimate of drug-likeness (QED) is 0.692. The van der Waals surface area contributed by atoms with Crippen molar-refractivity contribution in [3.05, 3.63) is 36.2 Å². The number of likely N-dealkylation sites (tertiary alicyclic amines) is 1. The lowest BCUT2D eigenvalue weighted by molar-refractivity contribution is -0.0856. The number of ether oxygens (including phenoxy) is 1. The Kier molecular flexibility index (Phi) is 6.37. The van der Waals surface area contributed by atoms with Gasteiger partial charge < -0.3 is 19.4 Å². The first-order chi connectivity index (χ1) is 12.7. The van der Waals surface area contributed by atoms with Gasteiger partial charge in [-0.3, -0.25) is 4.90 Å². The minimum Gasteiger partial charge on any atom is -0.419 e. The highest BCUT2D eigenvalue weighted by molar-refractivity contribution is 5.51. The summed E-state index contributed by atoms with van der Waals surface area (Å²) in [5, 5.41) is 28.7. The third kappa shape index (κ3) is 4.29. The van der Waals surface area contributed by atoms with Crippen LogP contribution >= 0.6 is 0 Å². The topological polar surface area (TPSA) is 91.9 Å². The van der Waals surface area contributed by atoms with Crippen molar-refractivity contribution >= 4 is 0 Å². The molecule has 7 nitrogen and oxygen atoms in total. The highest BCUT2D eigenvalue weighted by Gasteiger charge is 2.42. The van der Waals surface area contributed by atoms with Crippen LogP contribution in [0.5, 0.6) is 0 Å². The first kappa shape index (κ1) is 19.0. The number of aliphatic hydroxyl groups is 2. The van der Waals surface area contributed by atoms with Crippen molar-refractivity contribution in [1.82, 2.24) is 15.1 Å². The van der Waals surface area contributed by atoms with E-state index in [1.807, 2.05) is 30.3 Å². The molecule has 1 aromatic heterocycles. The number of hydrogen-bond donors (Lipinski definition) is 2. The number of aliphatic hydroxyl groups excluding tert-OH is 2. The molecule has 2 aromatic rings. The van der Waals surface area contributed by atoms with Gasteiger partial charge in [-0.05, 0) is 31.4 Å². The van der Waals surface area contributed by atoms with E-state index in [-0.39, 0.29) is 6.61 Å². The summed E-state index contributed by atoms with van der Waals surface area (Å²) in [7, 11) is 1.66. The van der Waals surface area contributed by atoms with Crippen LogP contribution in [0.1, 0.15) is 25.2 Å². The molecule has 0 aliphatic carbocycles. The average Bonchev–Trinajstić information content (AvgIpc) is 3.14. The smallest absolute Gasteiger partial charge is 0.247 e. The van der Waals surface area contributed by atoms with Crippen molar-refractivity contribution in [3.8, 4) is 11.5 Å². The summed E-state index contributed by atoms with van der Waals surface area (Å²) in [6.45, 7) is 2.41. The Morgan fingerprint density at radius 1 is 1.31 bits per heavy atom. The number of rotatable bonds is 8. The molecule has 3 rings (SSSR count). The molecule has 1 aliphatic heterocycles. The molecule has 26 heavy (non-hydrogen) atoms. The van der Waals surface area contributed by atoms with Gasteiger partial charge in [0.05, 0.1) is 19.3 Å². The Morgan fingerprint density at radius 3 is 2.85 bits per heavy atom. The molecule has 1 saturated heterocycles. The van der Waals surface area contributed by atoms with Crippen molar-refractivity contribution in [3.63, 3.8) is 0 Å². The summed E-state index contributed by atoms with van der Waals surface area (Å²) in [4.78, 5) is 2.16. The number of hydrogen-bond acceptors (Lipinski definition) is 7. The second-order valence-corrected chi connectivity index (χ2v) is 7.00. The van der Waals surface area contributed by atoms with Crippen LogP contribution in [0, 0.1) is 5.41 Å². The van der Waals surface area contributed by atoms with Crippen molar-refractivity contribution in [1.29, 1.82) is 0 Å². The lowest BCUT2D eigenvalue weighted by atomic mass is 9.74. The van der Waals surface area contributed by atoms with Crippen molar-refractivity contribution < 1.29 is 19.4 Å². The van der Waals surface area contributed by atoms with Gasteiger partial charge in [0.25, 0.3) is 0 Å². The van der Waals surface area contributed by atoms with E-state index in [1.165, 1.54) is 0 Å². The number of methoxy groups -OCH3 is 1. The van der Waals surface area contributed by atoms with Gasteiger partial charge in [-0.2, -0.15) is 0 Å². The maximum Gasteiger partial charge on any atom is 0.247 e. The highest BCUT2D eigenvalue weighted by atomic mass is 16.5. The molecule has 0 spiro atoms. The largest absolute Gasteiger partial charge is 0.419 e. The monoisotopic (exact) mass is 361 g/mol. The molecule has 0 bridgehead atoms. The van der Waals surface area contributed by atoms with Crippen LogP contribution in [0.25, 0.3) is 11.5 Å².